The van der Waals surface area contributed by atoms with Crippen LogP contribution in [0.2, 0.25) is 0 Å². The van der Waals surface area contributed by atoms with Crippen LogP contribution in [0, 0.1) is 0 Å². The Bertz CT molecular complexity index is 821. The molecule has 0 bridgehead atoms. The van der Waals surface area contributed by atoms with Crippen LogP contribution in [-0.4, -0.2) is 26.6 Å². The minimum atomic E-state index is 0.0812. The van der Waals surface area contributed by atoms with E-state index in [9.17, 15) is 4.79 Å². The molecule has 2 aromatic rings. The number of hydrogen-bond donors (Lipinski definition) is 0. The van der Waals surface area contributed by atoms with E-state index in [0.29, 0.717) is 18.1 Å². The first-order valence-corrected chi connectivity index (χ1v) is 8.39. The number of methoxy groups -OCH3 is 2. The highest BCUT2D eigenvalue weighted by Crippen LogP contribution is 2.32. The third-order valence-electron chi connectivity index (χ3n) is 4.34. The topological polar surface area (TPSA) is 44.8 Å². The van der Waals surface area contributed by atoms with Crippen LogP contribution in [0.3, 0.4) is 0 Å². The zero-order chi connectivity index (χ0) is 17.8. The zero-order valence-electron chi connectivity index (χ0n) is 14.8. The van der Waals surface area contributed by atoms with Gasteiger partial charge in [-0.15, -0.1) is 0 Å². The fourth-order valence-corrected chi connectivity index (χ4v) is 3.07. The standard InChI is InChI=1S/C21H22O4/c1-4-25-20-12-14(5-10-19(20)24-3)11-16-7-6-15-13-17(23-2)8-9-18(15)21(16)22/h5,8-13H,4,6-7H2,1-3H3. The van der Waals surface area contributed by atoms with Crippen molar-refractivity contribution in [2.45, 2.75) is 19.8 Å². The number of hydrogen-bond acceptors (Lipinski definition) is 4. The van der Waals surface area contributed by atoms with Crippen molar-refractivity contribution in [3.63, 3.8) is 0 Å². The fraction of sp³-hybridized carbons (Fsp3) is 0.286. The van der Waals surface area contributed by atoms with Crippen molar-refractivity contribution in [2.24, 2.45) is 0 Å². The van der Waals surface area contributed by atoms with Gasteiger partial charge in [0.25, 0.3) is 0 Å². The number of carbonyl (C=O) groups excluding carboxylic acids is 1. The Kier molecular flexibility index (Phi) is 5.08. The average molecular weight is 338 g/mol. The number of aryl methyl sites for hydroxylation is 1. The molecule has 0 saturated heterocycles. The first-order chi connectivity index (χ1) is 12.2. The molecule has 0 radical (unpaired) electrons. The lowest BCUT2D eigenvalue weighted by molar-refractivity contribution is 0.102. The summed E-state index contributed by atoms with van der Waals surface area (Å²) >= 11 is 0. The molecule has 0 aromatic heterocycles. The van der Waals surface area contributed by atoms with E-state index in [2.05, 4.69) is 0 Å². The first-order valence-electron chi connectivity index (χ1n) is 8.39. The third-order valence-corrected chi connectivity index (χ3v) is 4.34. The highest BCUT2D eigenvalue weighted by molar-refractivity contribution is 6.13. The molecule has 0 fully saturated rings. The van der Waals surface area contributed by atoms with Gasteiger partial charge >= 0.3 is 0 Å². The van der Waals surface area contributed by atoms with Gasteiger partial charge in [0.15, 0.2) is 17.3 Å². The van der Waals surface area contributed by atoms with Gasteiger partial charge in [-0.1, -0.05) is 6.07 Å². The van der Waals surface area contributed by atoms with Gasteiger partial charge < -0.3 is 14.2 Å². The van der Waals surface area contributed by atoms with Gasteiger partial charge in [-0.2, -0.15) is 0 Å². The molecule has 3 rings (SSSR count). The van der Waals surface area contributed by atoms with Crippen molar-refractivity contribution in [3.05, 3.63) is 58.7 Å². The van der Waals surface area contributed by atoms with Gasteiger partial charge in [0.05, 0.1) is 20.8 Å². The summed E-state index contributed by atoms with van der Waals surface area (Å²) in [5, 5.41) is 0. The van der Waals surface area contributed by atoms with Crippen molar-refractivity contribution in [1.29, 1.82) is 0 Å². The van der Waals surface area contributed by atoms with Crippen molar-refractivity contribution in [1.82, 2.24) is 0 Å². The number of ether oxygens (including phenoxy) is 3. The fourth-order valence-electron chi connectivity index (χ4n) is 3.07. The van der Waals surface area contributed by atoms with E-state index in [1.807, 2.05) is 49.4 Å². The molecule has 4 nitrogen and oxygen atoms in total. The monoisotopic (exact) mass is 338 g/mol. The van der Waals surface area contributed by atoms with Crippen LogP contribution < -0.4 is 14.2 Å². The highest BCUT2D eigenvalue weighted by Gasteiger charge is 2.22. The summed E-state index contributed by atoms with van der Waals surface area (Å²) in [5.41, 5.74) is 3.55. The van der Waals surface area contributed by atoms with E-state index in [1.54, 1.807) is 14.2 Å². The molecule has 0 aliphatic heterocycles. The molecule has 0 unspecified atom stereocenters. The first kappa shape index (κ1) is 17.1. The summed E-state index contributed by atoms with van der Waals surface area (Å²) < 4.78 is 16.2. The van der Waals surface area contributed by atoms with Gasteiger partial charge in [0, 0.05) is 11.1 Å². The molecule has 0 heterocycles. The number of carbonyl (C=O) groups is 1. The van der Waals surface area contributed by atoms with E-state index in [0.717, 1.165) is 40.9 Å². The molecule has 0 saturated carbocycles. The van der Waals surface area contributed by atoms with Crippen LogP contribution in [0.4, 0.5) is 0 Å². The number of fused-ring (bicyclic) bond motifs is 1. The lowest BCUT2D eigenvalue weighted by Crippen LogP contribution is -2.14. The van der Waals surface area contributed by atoms with E-state index in [1.165, 1.54) is 0 Å². The van der Waals surface area contributed by atoms with Crippen LogP contribution in [0.15, 0.2) is 42.0 Å². The van der Waals surface area contributed by atoms with E-state index in [4.69, 9.17) is 14.2 Å². The molecule has 1 aliphatic carbocycles. The van der Waals surface area contributed by atoms with E-state index < -0.39 is 0 Å². The predicted molar refractivity (Wildman–Crippen MR) is 97.8 cm³/mol. The van der Waals surface area contributed by atoms with Gasteiger partial charge in [-0.05, 0) is 67.3 Å². The number of ketones is 1. The van der Waals surface area contributed by atoms with Crippen molar-refractivity contribution in [3.8, 4) is 17.2 Å². The second-order valence-electron chi connectivity index (χ2n) is 5.87. The van der Waals surface area contributed by atoms with Crippen molar-refractivity contribution < 1.29 is 19.0 Å². The van der Waals surface area contributed by atoms with Gasteiger partial charge in [-0.25, -0.2) is 0 Å². The second kappa shape index (κ2) is 7.43. The molecule has 0 amide bonds. The van der Waals surface area contributed by atoms with Crippen molar-refractivity contribution in [2.75, 3.05) is 20.8 Å². The Hall–Kier alpha value is -2.75. The van der Waals surface area contributed by atoms with Crippen LogP contribution in [0.5, 0.6) is 17.2 Å². The molecule has 0 N–H and O–H groups in total. The maximum Gasteiger partial charge on any atom is 0.189 e. The predicted octanol–water partition coefficient (Wildman–Crippen LogP) is 4.32. The summed E-state index contributed by atoms with van der Waals surface area (Å²) in [5.74, 6) is 2.25. The van der Waals surface area contributed by atoms with Crippen LogP contribution >= 0.6 is 0 Å². The van der Waals surface area contributed by atoms with E-state index >= 15 is 0 Å². The number of benzene rings is 2. The molecule has 0 atom stereocenters. The molecule has 4 heteroatoms. The maximum absolute atomic E-state index is 12.8. The summed E-state index contributed by atoms with van der Waals surface area (Å²) in [7, 11) is 3.25. The Morgan fingerprint density at radius 1 is 1.00 bits per heavy atom. The quantitative estimate of drug-likeness (QED) is 0.762. The number of Topliss-reactive ketones (excluding diaryl/α,β-unsaturated/α-hetero) is 1. The van der Waals surface area contributed by atoms with Crippen LogP contribution in [0.25, 0.3) is 6.08 Å². The Morgan fingerprint density at radius 2 is 1.84 bits per heavy atom. The smallest absolute Gasteiger partial charge is 0.189 e. The second-order valence-corrected chi connectivity index (χ2v) is 5.87. The maximum atomic E-state index is 12.8. The lowest BCUT2D eigenvalue weighted by atomic mass is 9.86. The summed E-state index contributed by atoms with van der Waals surface area (Å²) in [6.45, 7) is 2.49. The molecule has 1 aliphatic rings. The van der Waals surface area contributed by atoms with E-state index in [-0.39, 0.29) is 5.78 Å². The van der Waals surface area contributed by atoms with Gasteiger partial charge in [0.2, 0.25) is 0 Å². The Balaban J connectivity index is 1.91. The van der Waals surface area contributed by atoms with Gasteiger partial charge in [-0.3, -0.25) is 4.79 Å². The molecule has 2 aromatic carbocycles. The molecular formula is C21H22O4. The zero-order valence-corrected chi connectivity index (χ0v) is 14.8. The SMILES string of the molecule is CCOc1cc(C=C2CCc3cc(OC)ccc3C2=O)ccc1OC. The molecule has 130 valence electrons. The third kappa shape index (κ3) is 3.53. The molecule has 0 spiro atoms. The summed E-state index contributed by atoms with van der Waals surface area (Å²) in [6.07, 6.45) is 3.49. The lowest BCUT2D eigenvalue weighted by Gasteiger charge is -2.18. The van der Waals surface area contributed by atoms with Gasteiger partial charge in [0.1, 0.15) is 5.75 Å². The average Bonchev–Trinajstić information content (AvgIpc) is 2.64. The minimum Gasteiger partial charge on any atom is -0.497 e. The van der Waals surface area contributed by atoms with Crippen molar-refractivity contribution >= 4 is 11.9 Å². The largest absolute Gasteiger partial charge is 0.497 e. The molecule has 25 heavy (non-hydrogen) atoms. The normalized spacial score (nSPS) is 15.0. The Labute approximate surface area is 148 Å². The highest BCUT2D eigenvalue weighted by atomic mass is 16.5. The summed E-state index contributed by atoms with van der Waals surface area (Å²) in [6, 6.07) is 11.3. The number of allylic oxidation sites excluding steroid dienone is 1. The number of rotatable bonds is 5. The Morgan fingerprint density at radius 3 is 2.56 bits per heavy atom. The van der Waals surface area contributed by atoms with Crippen LogP contribution in [-0.2, 0) is 6.42 Å². The minimum absolute atomic E-state index is 0.0812. The molecular weight excluding hydrogens is 316 g/mol. The van der Waals surface area contributed by atoms with Crippen LogP contribution in [0.1, 0.15) is 34.8 Å². The summed E-state index contributed by atoms with van der Waals surface area (Å²) in [4.78, 5) is 12.8.